The summed E-state index contributed by atoms with van der Waals surface area (Å²) in [7, 11) is -1.98. The molecule has 1 N–H and O–H groups in total. The molecule has 4 heteroatoms. The van der Waals surface area contributed by atoms with E-state index in [4.69, 9.17) is 4.43 Å². The van der Waals surface area contributed by atoms with Crippen LogP contribution in [-0.2, 0) is 17.5 Å². The van der Waals surface area contributed by atoms with Crippen molar-refractivity contribution in [2.75, 3.05) is 6.61 Å². The lowest BCUT2D eigenvalue weighted by Gasteiger charge is -2.40. The summed E-state index contributed by atoms with van der Waals surface area (Å²) in [5.74, 6) is 0. The molecule has 0 aromatic heterocycles. The molecule has 0 aliphatic rings. The summed E-state index contributed by atoms with van der Waals surface area (Å²) in [5.41, 5.74) is 2.51. The van der Waals surface area contributed by atoms with Crippen LogP contribution in [-0.4, -0.2) is 37.1 Å². The van der Waals surface area contributed by atoms with E-state index in [1.54, 1.807) is 0 Å². The van der Waals surface area contributed by atoms with Crippen LogP contribution in [0.3, 0.4) is 0 Å². The molecule has 0 aliphatic carbocycles. The molecule has 0 aliphatic heterocycles. The van der Waals surface area contributed by atoms with E-state index in [0.29, 0.717) is 6.61 Å². The predicted molar refractivity (Wildman–Crippen MR) is 185 cm³/mol. The van der Waals surface area contributed by atoms with Gasteiger partial charge < -0.3 is 9.53 Å². The number of aliphatic hydroxyl groups is 1. The minimum absolute atomic E-state index is 0.122. The van der Waals surface area contributed by atoms with Gasteiger partial charge in [0, 0.05) is 13.1 Å². The Morgan fingerprint density at radius 2 is 1.19 bits per heavy atom. The molecule has 0 amide bonds. The summed E-state index contributed by atoms with van der Waals surface area (Å²) < 4.78 is 6.76. The molecule has 2 aromatic carbocycles. The molecule has 0 spiro atoms. The van der Waals surface area contributed by atoms with E-state index in [1.807, 2.05) is 6.08 Å². The first-order valence-electron chi connectivity index (χ1n) is 16.9. The molecule has 2 rings (SSSR count). The number of hydrogen-bond acceptors (Lipinski definition) is 3. The van der Waals surface area contributed by atoms with Crippen LogP contribution in [0.25, 0.3) is 0 Å². The molecule has 2 atom stereocenters. The monoisotopic (exact) mass is 593 g/mol. The van der Waals surface area contributed by atoms with Crippen molar-refractivity contribution in [2.24, 2.45) is 0 Å². The highest BCUT2D eigenvalue weighted by Crippen LogP contribution is 2.37. The van der Waals surface area contributed by atoms with Crippen LogP contribution < -0.4 is 0 Å². The van der Waals surface area contributed by atoms with Crippen molar-refractivity contribution < 1.29 is 9.53 Å². The molecule has 42 heavy (non-hydrogen) atoms. The van der Waals surface area contributed by atoms with E-state index in [0.717, 1.165) is 19.5 Å². The lowest BCUT2D eigenvalue weighted by Crippen LogP contribution is -2.50. The summed E-state index contributed by atoms with van der Waals surface area (Å²) in [5, 5.41) is 11.7. The van der Waals surface area contributed by atoms with Gasteiger partial charge in [0.15, 0.2) is 8.32 Å². The fourth-order valence-corrected chi connectivity index (χ4v) is 6.17. The Labute approximate surface area is 260 Å². The Hall–Kier alpha value is -1.72. The van der Waals surface area contributed by atoms with Crippen LogP contribution in [0.2, 0.25) is 18.1 Å². The fourth-order valence-electron chi connectivity index (χ4n) is 5.15. The van der Waals surface area contributed by atoms with Gasteiger partial charge in [-0.3, -0.25) is 4.90 Å². The zero-order valence-corrected chi connectivity index (χ0v) is 29.0. The number of allylic oxidation sites excluding steroid dienone is 1. The highest BCUT2D eigenvalue weighted by atomic mass is 28.4. The zero-order valence-electron chi connectivity index (χ0n) is 28.0. The quantitative estimate of drug-likeness (QED) is 0.0837. The van der Waals surface area contributed by atoms with Gasteiger partial charge in [0.2, 0.25) is 0 Å². The van der Waals surface area contributed by atoms with Gasteiger partial charge in [-0.15, -0.1) is 0 Å². The Kier molecular flexibility index (Phi) is 17.6. The van der Waals surface area contributed by atoms with Crippen molar-refractivity contribution in [3.63, 3.8) is 0 Å². The maximum atomic E-state index is 11.6. The highest BCUT2D eigenvalue weighted by Gasteiger charge is 2.38. The largest absolute Gasteiger partial charge is 0.415 e. The first-order chi connectivity index (χ1) is 20.1. The summed E-state index contributed by atoms with van der Waals surface area (Å²) in [4.78, 5) is 2.41. The van der Waals surface area contributed by atoms with Gasteiger partial charge >= 0.3 is 0 Å². The maximum absolute atomic E-state index is 11.6. The van der Waals surface area contributed by atoms with Crippen LogP contribution in [0.1, 0.15) is 116 Å². The topological polar surface area (TPSA) is 32.7 Å². The standard InChI is InChI=1S/C38H63NO2Si/c1-7-8-9-10-11-12-13-14-15-16-17-18-25-30-37(40)36(33-41-42(5,6)38(2,3)4)39(31-34-26-21-19-22-27-34)32-35-28-23-20-24-29-35/h19-30,36-37,40H,7-18,31-33H2,1-6H3/b30-25+/t36-,37+/m0/s1. The second-order valence-corrected chi connectivity index (χ2v) is 18.6. The number of aliphatic hydroxyl groups excluding tert-OH is 1. The smallest absolute Gasteiger partial charge is 0.192 e. The molecule has 236 valence electrons. The number of unbranched alkanes of at least 4 members (excludes halogenated alkanes) is 11. The molecule has 3 nitrogen and oxygen atoms in total. The van der Waals surface area contributed by atoms with E-state index in [9.17, 15) is 5.11 Å². The van der Waals surface area contributed by atoms with Crippen molar-refractivity contribution in [1.82, 2.24) is 4.90 Å². The van der Waals surface area contributed by atoms with Crippen LogP contribution in [0.15, 0.2) is 72.8 Å². The third kappa shape index (κ3) is 14.6. The van der Waals surface area contributed by atoms with Gasteiger partial charge in [-0.1, -0.05) is 165 Å². The average Bonchev–Trinajstić information content (AvgIpc) is 2.96. The SMILES string of the molecule is CCCCCCCCCCCCC/C=C/[C@@H](O)[C@H](CO[Si](C)(C)C(C)(C)C)N(Cc1ccccc1)Cc1ccccc1. The van der Waals surface area contributed by atoms with E-state index in [1.165, 1.54) is 81.8 Å². The summed E-state index contributed by atoms with van der Waals surface area (Å²) in [6.45, 7) is 15.8. The Morgan fingerprint density at radius 1 is 0.738 bits per heavy atom. The lowest BCUT2D eigenvalue weighted by atomic mass is 10.0. The molecule has 0 radical (unpaired) electrons. The summed E-state index contributed by atoms with van der Waals surface area (Å²) >= 11 is 0. The Bertz CT molecular complexity index is 913. The molecular weight excluding hydrogens is 531 g/mol. The lowest BCUT2D eigenvalue weighted by molar-refractivity contribution is 0.0328. The molecule has 0 bridgehead atoms. The zero-order chi connectivity index (χ0) is 30.7. The average molecular weight is 594 g/mol. The normalized spacial score (nSPS) is 14.1. The van der Waals surface area contributed by atoms with Crippen LogP contribution in [0.4, 0.5) is 0 Å². The second kappa shape index (κ2) is 20.3. The second-order valence-electron chi connectivity index (χ2n) is 13.8. The van der Waals surface area contributed by atoms with Crippen molar-refractivity contribution in [3.8, 4) is 0 Å². The first kappa shape index (κ1) is 36.5. The van der Waals surface area contributed by atoms with Gasteiger partial charge in [-0.25, -0.2) is 0 Å². The van der Waals surface area contributed by atoms with Gasteiger partial charge in [0.1, 0.15) is 0 Å². The minimum atomic E-state index is -1.98. The van der Waals surface area contributed by atoms with Gasteiger partial charge in [-0.05, 0) is 42.1 Å². The van der Waals surface area contributed by atoms with Crippen molar-refractivity contribution in [3.05, 3.63) is 83.9 Å². The predicted octanol–water partition coefficient (Wildman–Crippen LogP) is 10.7. The minimum Gasteiger partial charge on any atom is -0.415 e. The third-order valence-corrected chi connectivity index (χ3v) is 13.5. The molecule has 2 aromatic rings. The molecule has 0 fully saturated rings. The van der Waals surface area contributed by atoms with Gasteiger partial charge in [0.05, 0.1) is 18.8 Å². The van der Waals surface area contributed by atoms with Crippen molar-refractivity contribution in [2.45, 2.75) is 148 Å². The summed E-state index contributed by atoms with van der Waals surface area (Å²) in [6, 6.07) is 21.1. The first-order valence-corrected chi connectivity index (χ1v) is 19.9. The number of benzene rings is 2. The van der Waals surface area contributed by atoms with Crippen molar-refractivity contribution in [1.29, 1.82) is 0 Å². The summed E-state index contributed by atoms with van der Waals surface area (Å²) in [6.07, 6.45) is 19.6. The number of nitrogens with zero attached hydrogens (tertiary/aromatic N) is 1. The highest BCUT2D eigenvalue weighted by molar-refractivity contribution is 6.74. The van der Waals surface area contributed by atoms with E-state index < -0.39 is 14.4 Å². The molecule has 0 unspecified atom stereocenters. The number of rotatable bonds is 22. The number of hydrogen-bond donors (Lipinski definition) is 1. The van der Waals surface area contributed by atoms with Gasteiger partial charge in [0.25, 0.3) is 0 Å². The molecular formula is C38H63NO2Si. The van der Waals surface area contributed by atoms with E-state index in [-0.39, 0.29) is 11.1 Å². The van der Waals surface area contributed by atoms with Crippen LogP contribution in [0, 0.1) is 0 Å². The Balaban J connectivity index is 2.00. The fraction of sp³-hybridized carbons (Fsp3) is 0.632. The van der Waals surface area contributed by atoms with Crippen LogP contribution >= 0.6 is 0 Å². The molecule has 0 saturated carbocycles. The molecule has 0 saturated heterocycles. The maximum Gasteiger partial charge on any atom is 0.192 e. The van der Waals surface area contributed by atoms with Crippen LogP contribution in [0.5, 0.6) is 0 Å². The molecule has 0 heterocycles. The van der Waals surface area contributed by atoms with E-state index in [2.05, 4.69) is 112 Å². The Morgan fingerprint density at radius 3 is 1.64 bits per heavy atom. The third-order valence-electron chi connectivity index (χ3n) is 9.05. The van der Waals surface area contributed by atoms with E-state index >= 15 is 0 Å². The van der Waals surface area contributed by atoms with Crippen molar-refractivity contribution >= 4 is 8.32 Å². The van der Waals surface area contributed by atoms with Gasteiger partial charge in [-0.2, -0.15) is 0 Å².